The lowest BCUT2D eigenvalue weighted by molar-refractivity contribution is -0.115. The molecule has 3 rings (SSSR count). The van der Waals surface area contributed by atoms with Crippen molar-refractivity contribution in [1.29, 1.82) is 0 Å². The Kier molecular flexibility index (Phi) is 4.53. The number of carbonyl (C=O) groups is 1. The highest BCUT2D eigenvalue weighted by molar-refractivity contribution is 7.90. The molecule has 0 saturated heterocycles. The second kappa shape index (κ2) is 6.49. The number of fused-ring (bicyclic) bond motifs is 1. The normalized spacial score (nSPS) is 11.6. The average molecular weight is 382 g/mol. The molecule has 9 heteroatoms. The molecule has 0 aliphatic rings. The quantitative estimate of drug-likeness (QED) is 0.752. The molecule has 0 unspecified atom stereocenters. The van der Waals surface area contributed by atoms with Gasteiger partial charge in [-0.1, -0.05) is 17.4 Å². The van der Waals surface area contributed by atoms with Crippen LogP contribution in [0.5, 0.6) is 0 Å². The fourth-order valence-electron chi connectivity index (χ4n) is 2.19. The molecule has 130 valence electrons. The molecular weight excluding hydrogens is 370 g/mol. The summed E-state index contributed by atoms with van der Waals surface area (Å²) >= 11 is 1.11. The van der Waals surface area contributed by atoms with E-state index in [0.717, 1.165) is 23.7 Å². The predicted octanol–water partition coefficient (Wildman–Crippen LogP) is 3.16. The van der Waals surface area contributed by atoms with Crippen LogP contribution in [-0.2, 0) is 21.1 Å². The van der Waals surface area contributed by atoms with Crippen molar-refractivity contribution in [3.63, 3.8) is 0 Å². The van der Waals surface area contributed by atoms with E-state index in [-0.39, 0.29) is 22.0 Å². The van der Waals surface area contributed by atoms with Crippen LogP contribution >= 0.6 is 11.3 Å². The molecule has 0 aliphatic heterocycles. The van der Waals surface area contributed by atoms with Crippen molar-refractivity contribution in [1.82, 2.24) is 4.98 Å². The van der Waals surface area contributed by atoms with Gasteiger partial charge in [0.05, 0.1) is 21.5 Å². The van der Waals surface area contributed by atoms with Crippen molar-refractivity contribution < 1.29 is 22.0 Å². The van der Waals surface area contributed by atoms with Gasteiger partial charge in [-0.15, -0.1) is 0 Å². The third-order valence-electron chi connectivity index (χ3n) is 3.40. The Morgan fingerprint density at radius 1 is 1.20 bits per heavy atom. The number of sulfone groups is 1. The summed E-state index contributed by atoms with van der Waals surface area (Å²) in [5.41, 5.74) is 0.611. The maximum atomic E-state index is 13.6. The number of amides is 1. The summed E-state index contributed by atoms with van der Waals surface area (Å²) in [5.74, 6) is -2.01. The van der Waals surface area contributed by atoms with Crippen LogP contribution in [0.4, 0.5) is 13.9 Å². The van der Waals surface area contributed by atoms with Crippen LogP contribution in [0.3, 0.4) is 0 Å². The molecule has 1 amide bonds. The van der Waals surface area contributed by atoms with E-state index >= 15 is 0 Å². The zero-order chi connectivity index (χ0) is 18.2. The van der Waals surface area contributed by atoms with Crippen molar-refractivity contribution in [2.75, 3.05) is 11.6 Å². The Morgan fingerprint density at radius 3 is 2.64 bits per heavy atom. The Bertz CT molecular complexity index is 1080. The van der Waals surface area contributed by atoms with E-state index in [1.54, 1.807) is 6.07 Å². The molecule has 0 bridgehead atoms. The van der Waals surface area contributed by atoms with Gasteiger partial charge in [0.15, 0.2) is 15.0 Å². The number of aromatic nitrogens is 1. The summed E-state index contributed by atoms with van der Waals surface area (Å²) < 4.78 is 50.2. The minimum atomic E-state index is -3.34. The first-order chi connectivity index (χ1) is 11.7. The van der Waals surface area contributed by atoms with Crippen molar-refractivity contribution in [2.24, 2.45) is 0 Å². The van der Waals surface area contributed by atoms with E-state index in [9.17, 15) is 22.0 Å². The molecule has 0 fully saturated rings. The van der Waals surface area contributed by atoms with E-state index < -0.39 is 27.4 Å². The Hall–Kier alpha value is -2.39. The first-order valence-electron chi connectivity index (χ1n) is 7.07. The summed E-state index contributed by atoms with van der Waals surface area (Å²) in [6.07, 6.45) is 0.839. The lowest BCUT2D eigenvalue weighted by Gasteiger charge is -2.03. The Labute approximate surface area is 146 Å². The summed E-state index contributed by atoms with van der Waals surface area (Å²) in [6, 6.07) is 7.48. The summed E-state index contributed by atoms with van der Waals surface area (Å²) in [6.45, 7) is 0. The molecule has 0 atom stereocenters. The van der Waals surface area contributed by atoms with Crippen LogP contribution in [-0.4, -0.2) is 25.6 Å². The minimum Gasteiger partial charge on any atom is -0.302 e. The van der Waals surface area contributed by atoms with Crippen molar-refractivity contribution >= 4 is 42.4 Å². The first kappa shape index (κ1) is 17.4. The summed E-state index contributed by atoms with van der Waals surface area (Å²) in [7, 11) is -3.34. The molecule has 5 nitrogen and oxygen atoms in total. The first-order valence-corrected chi connectivity index (χ1v) is 9.77. The lowest BCUT2D eigenvalue weighted by Crippen LogP contribution is -2.15. The van der Waals surface area contributed by atoms with E-state index in [1.165, 1.54) is 18.2 Å². The highest BCUT2D eigenvalue weighted by atomic mass is 32.2. The van der Waals surface area contributed by atoms with Crippen molar-refractivity contribution in [3.8, 4) is 0 Å². The third kappa shape index (κ3) is 3.99. The number of anilines is 1. The number of halogens is 2. The minimum absolute atomic E-state index is 0.0689. The molecule has 3 aromatic rings. The van der Waals surface area contributed by atoms with Gasteiger partial charge in [-0.2, -0.15) is 0 Å². The van der Waals surface area contributed by atoms with E-state index in [4.69, 9.17) is 0 Å². The van der Waals surface area contributed by atoms with Gasteiger partial charge in [0.25, 0.3) is 0 Å². The average Bonchev–Trinajstić information content (AvgIpc) is 2.90. The second-order valence-electron chi connectivity index (χ2n) is 5.38. The van der Waals surface area contributed by atoms with Crippen molar-refractivity contribution in [2.45, 2.75) is 11.3 Å². The SMILES string of the molecule is CS(=O)(=O)c1ccc2nc(NC(=O)Cc3ccc(F)cc3F)sc2c1. The van der Waals surface area contributed by atoms with Gasteiger partial charge in [-0.05, 0) is 29.8 Å². The largest absolute Gasteiger partial charge is 0.302 e. The van der Waals surface area contributed by atoms with Gasteiger partial charge in [-0.3, -0.25) is 4.79 Å². The fraction of sp³-hybridized carbons (Fsp3) is 0.125. The number of nitrogens with one attached hydrogen (secondary N) is 1. The van der Waals surface area contributed by atoms with Crippen LogP contribution in [0.25, 0.3) is 10.2 Å². The smallest absolute Gasteiger partial charge is 0.230 e. The fourth-order valence-corrected chi connectivity index (χ4v) is 3.83. The zero-order valence-electron chi connectivity index (χ0n) is 12.9. The number of nitrogens with zero attached hydrogens (tertiary/aromatic N) is 1. The van der Waals surface area contributed by atoms with Gasteiger partial charge in [0.1, 0.15) is 11.6 Å². The summed E-state index contributed by atoms with van der Waals surface area (Å²) in [4.78, 5) is 16.4. The van der Waals surface area contributed by atoms with Gasteiger partial charge in [0.2, 0.25) is 5.91 Å². The van der Waals surface area contributed by atoms with E-state index in [2.05, 4.69) is 10.3 Å². The van der Waals surface area contributed by atoms with Gasteiger partial charge in [0, 0.05) is 12.3 Å². The van der Waals surface area contributed by atoms with Gasteiger partial charge >= 0.3 is 0 Å². The standard InChI is InChI=1S/C16H12F2N2O3S2/c1-25(22,23)11-4-5-13-14(8-11)24-16(19-13)20-15(21)6-9-2-3-10(17)7-12(9)18/h2-5,7-8H,6H2,1H3,(H,19,20,21). The molecule has 1 heterocycles. The number of hydrogen-bond acceptors (Lipinski definition) is 5. The highest BCUT2D eigenvalue weighted by Crippen LogP contribution is 2.28. The van der Waals surface area contributed by atoms with E-state index in [0.29, 0.717) is 16.3 Å². The van der Waals surface area contributed by atoms with Crippen LogP contribution in [0.1, 0.15) is 5.56 Å². The highest BCUT2D eigenvalue weighted by Gasteiger charge is 2.14. The number of thiazole rings is 1. The molecular formula is C16H12F2N2O3S2. The molecule has 0 radical (unpaired) electrons. The second-order valence-corrected chi connectivity index (χ2v) is 8.43. The zero-order valence-corrected chi connectivity index (χ0v) is 14.5. The molecule has 1 aromatic heterocycles. The van der Waals surface area contributed by atoms with Crippen LogP contribution in [0, 0.1) is 11.6 Å². The predicted molar refractivity (Wildman–Crippen MR) is 91.4 cm³/mol. The Morgan fingerprint density at radius 2 is 1.96 bits per heavy atom. The Balaban J connectivity index is 1.79. The van der Waals surface area contributed by atoms with Crippen LogP contribution in [0.15, 0.2) is 41.3 Å². The van der Waals surface area contributed by atoms with Crippen LogP contribution in [0.2, 0.25) is 0 Å². The number of rotatable bonds is 4. The lowest BCUT2D eigenvalue weighted by atomic mass is 10.1. The molecule has 0 saturated carbocycles. The van der Waals surface area contributed by atoms with E-state index in [1.807, 2.05) is 0 Å². The number of benzene rings is 2. The third-order valence-corrected chi connectivity index (χ3v) is 5.44. The van der Waals surface area contributed by atoms with Gasteiger partial charge in [-0.25, -0.2) is 22.2 Å². The molecule has 25 heavy (non-hydrogen) atoms. The summed E-state index contributed by atoms with van der Waals surface area (Å²) in [5, 5.41) is 2.81. The molecule has 1 N–H and O–H groups in total. The maximum Gasteiger partial charge on any atom is 0.230 e. The van der Waals surface area contributed by atoms with Gasteiger partial charge < -0.3 is 5.32 Å². The molecule has 2 aromatic carbocycles. The number of carbonyl (C=O) groups excluding carboxylic acids is 1. The monoisotopic (exact) mass is 382 g/mol. The number of hydrogen-bond donors (Lipinski definition) is 1. The maximum absolute atomic E-state index is 13.6. The van der Waals surface area contributed by atoms with Crippen LogP contribution < -0.4 is 5.32 Å². The van der Waals surface area contributed by atoms with Crippen molar-refractivity contribution in [3.05, 3.63) is 53.6 Å². The topological polar surface area (TPSA) is 76.1 Å². The molecule has 0 spiro atoms. The molecule has 0 aliphatic carbocycles.